The molecule has 0 fully saturated rings. The molecular formula is C12H17IO4. The summed E-state index contributed by atoms with van der Waals surface area (Å²) in [5, 5.41) is 0. The quantitative estimate of drug-likeness (QED) is 0.257. The van der Waals surface area contributed by atoms with Gasteiger partial charge >= 0.3 is 11.9 Å². The lowest BCUT2D eigenvalue weighted by molar-refractivity contribution is -0.141. The van der Waals surface area contributed by atoms with E-state index in [1.807, 2.05) is 42.4 Å². The molecule has 0 rings (SSSR count). The van der Waals surface area contributed by atoms with Crippen LogP contribution in [0.1, 0.15) is 27.7 Å². The zero-order valence-corrected chi connectivity index (χ0v) is 12.6. The topological polar surface area (TPSA) is 52.6 Å². The summed E-state index contributed by atoms with van der Waals surface area (Å²) in [6.45, 7) is 7.13. The Bertz CT molecular complexity index is 300. The zero-order valence-electron chi connectivity index (χ0n) is 10.4. The Balaban J connectivity index is 0. The summed E-state index contributed by atoms with van der Waals surface area (Å²) in [5.41, 5.74) is 0. The van der Waals surface area contributed by atoms with Crippen LogP contribution in [-0.2, 0) is 19.1 Å². The first-order valence-electron chi connectivity index (χ1n) is 4.98. The third-order valence-corrected chi connectivity index (χ3v) is 1.37. The van der Waals surface area contributed by atoms with Gasteiger partial charge in [0.05, 0.1) is 12.2 Å². The molecule has 5 heteroatoms. The number of ether oxygens (including phenoxy) is 2. The minimum absolute atomic E-state index is 0.0231. The summed E-state index contributed by atoms with van der Waals surface area (Å²) in [7, 11) is 0. The van der Waals surface area contributed by atoms with E-state index in [0.717, 1.165) is 0 Å². The van der Waals surface area contributed by atoms with Gasteiger partial charge < -0.3 is 9.47 Å². The van der Waals surface area contributed by atoms with Crippen molar-refractivity contribution in [2.45, 2.75) is 39.9 Å². The maximum Gasteiger partial charge on any atom is 0.384 e. The Morgan fingerprint density at radius 3 is 1.88 bits per heavy atom. The predicted molar refractivity (Wildman–Crippen MR) is 74.4 cm³/mol. The van der Waals surface area contributed by atoms with E-state index in [9.17, 15) is 9.59 Å². The summed E-state index contributed by atoms with van der Waals surface area (Å²) in [6.07, 6.45) is 5.95. The Morgan fingerprint density at radius 2 is 1.65 bits per heavy atom. The van der Waals surface area contributed by atoms with Crippen LogP contribution in [0.3, 0.4) is 0 Å². The van der Waals surface area contributed by atoms with Gasteiger partial charge in [-0.05, 0) is 31.8 Å². The largest absolute Gasteiger partial charge is 0.460 e. The minimum Gasteiger partial charge on any atom is -0.460 e. The number of halogens is 1. The number of carbonyl (C=O) groups excluding carboxylic acids is 2. The van der Waals surface area contributed by atoms with E-state index in [2.05, 4.69) is 4.74 Å². The number of carbonyl (C=O) groups is 2. The van der Waals surface area contributed by atoms with Crippen molar-refractivity contribution in [3.8, 4) is 12.3 Å². The summed E-state index contributed by atoms with van der Waals surface area (Å²) < 4.78 is 10.9. The number of hydrogen-bond donors (Lipinski definition) is 0. The van der Waals surface area contributed by atoms with Crippen molar-refractivity contribution in [2.24, 2.45) is 0 Å². The molecule has 0 aromatic heterocycles. The first kappa shape index (κ1) is 18.3. The van der Waals surface area contributed by atoms with Crippen molar-refractivity contribution >= 4 is 34.5 Å². The number of hydrogen-bond acceptors (Lipinski definition) is 4. The molecule has 96 valence electrons. The molecule has 0 aliphatic heterocycles. The first-order valence-corrected chi connectivity index (χ1v) is 6.22. The minimum atomic E-state index is -0.597. The average molecular weight is 352 g/mol. The van der Waals surface area contributed by atoms with Crippen LogP contribution in [0.5, 0.6) is 0 Å². The normalized spacial score (nSPS) is 9.53. The highest BCUT2D eigenvalue weighted by atomic mass is 127. The number of rotatable bonds is 3. The summed E-state index contributed by atoms with van der Waals surface area (Å²) in [4.78, 5) is 20.7. The molecule has 0 aromatic carbocycles. The van der Waals surface area contributed by atoms with Crippen LogP contribution < -0.4 is 0 Å². The van der Waals surface area contributed by atoms with Crippen LogP contribution in [-0.4, -0.2) is 24.1 Å². The van der Waals surface area contributed by atoms with Gasteiger partial charge in [0.15, 0.2) is 0 Å². The molecule has 0 heterocycles. The average Bonchev–Trinajstić information content (AvgIpc) is 2.16. The van der Waals surface area contributed by atoms with Gasteiger partial charge in [0, 0.05) is 12.0 Å². The molecule has 0 aliphatic rings. The molecule has 0 radical (unpaired) electrons. The second-order valence-electron chi connectivity index (χ2n) is 3.38. The molecule has 0 saturated carbocycles. The third-order valence-electron chi connectivity index (χ3n) is 1.01. The standard InChI is InChI=1S/C6H9IO2.C6H8O2/c1-5(2)9-6(8)3-4-7;1-4-6(7)8-5(2)3/h3-5H,1-2H3;1,5H,2-3H3/b4-3-;. The lowest BCUT2D eigenvalue weighted by Gasteiger charge is -2.02. The number of terminal acetylenes is 1. The van der Waals surface area contributed by atoms with Gasteiger partial charge in [-0.25, -0.2) is 9.59 Å². The van der Waals surface area contributed by atoms with Crippen molar-refractivity contribution in [1.82, 2.24) is 0 Å². The molecule has 0 bridgehead atoms. The van der Waals surface area contributed by atoms with Gasteiger partial charge in [0.25, 0.3) is 0 Å². The van der Waals surface area contributed by atoms with Crippen LogP contribution in [0, 0.1) is 12.3 Å². The molecule has 0 N–H and O–H groups in total. The number of esters is 2. The monoisotopic (exact) mass is 352 g/mol. The Labute approximate surface area is 116 Å². The van der Waals surface area contributed by atoms with E-state index >= 15 is 0 Å². The fourth-order valence-corrected chi connectivity index (χ4v) is 0.865. The molecule has 4 nitrogen and oxygen atoms in total. The lowest BCUT2D eigenvalue weighted by Crippen LogP contribution is -2.08. The van der Waals surface area contributed by atoms with Crippen LogP contribution in [0.4, 0.5) is 0 Å². The summed E-state index contributed by atoms with van der Waals surface area (Å²) in [5.74, 6) is 0.960. The Kier molecular flexibility index (Phi) is 12.4. The summed E-state index contributed by atoms with van der Waals surface area (Å²) >= 11 is 1.97. The van der Waals surface area contributed by atoms with Gasteiger partial charge in [0.1, 0.15) is 0 Å². The highest BCUT2D eigenvalue weighted by molar-refractivity contribution is 14.1. The van der Waals surface area contributed by atoms with Gasteiger partial charge in [-0.3, -0.25) is 0 Å². The van der Waals surface area contributed by atoms with Gasteiger partial charge in [0.2, 0.25) is 0 Å². The van der Waals surface area contributed by atoms with E-state index in [1.54, 1.807) is 17.9 Å². The molecule has 0 spiro atoms. The smallest absolute Gasteiger partial charge is 0.384 e. The highest BCUT2D eigenvalue weighted by Gasteiger charge is 1.98. The SMILES string of the molecule is C#CC(=O)OC(C)C.CC(C)OC(=O)/C=C\I. The molecule has 0 amide bonds. The van der Waals surface area contributed by atoms with Crippen molar-refractivity contribution in [1.29, 1.82) is 0 Å². The van der Waals surface area contributed by atoms with E-state index in [4.69, 9.17) is 11.2 Å². The summed E-state index contributed by atoms with van der Waals surface area (Å²) in [6, 6.07) is 0. The van der Waals surface area contributed by atoms with Gasteiger partial charge in [-0.1, -0.05) is 22.6 Å². The second kappa shape index (κ2) is 11.5. The Morgan fingerprint density at radius 1 is 1.18 bits per heavy atom. The van der Waals surface area contributed by atoms with E-state index < -0.39 is 5.97 Å². The van der Waals surface area contributed by atoms with Crippen molar-refractivity contribution in [2.75, 3.05) is 0 Å². The highest BCUT2D eigenvalue weighted by Crippen LogP contribution is 1.92. The predicted octanol–water partition coefficient (Wildman–Crippen LogP) is 2.46. The zero-order chi connectivity index (χ0) is 13.8. The molecule has 0 atom stereocenters. The van der Waals surface area contributed by atoms with E-state index in [-0.39, 0.29) is 18.2 Å². The Hall–Kier alpha value is -1.03. The van der Waals surface area contributed by atoms with E-state index in [1.165, 1.54) is 6.08 Å². The first-order chi connectivity index (χ1) is 7.83. The van der Waals surface area contributed by atoms with Gasteiger partial charge in [-0.15, -0.1) is 6.42 Å². The van der Waals surface area contributed by atoms with Crippen molar-refractivity contribution < 1.29 is 19.1 Å². The third kappa shape index (κ3) is 17.6. The lowest BCUT2D eigenvalue weighted by atomic mass is 10.5. The van der Waals surface area contributed by atoms with Crippen molar-refractivity contribution in [3.05, 3.63) is 10.2 Å². The fourth-order valence-electron chi connectivity index (χ4n) is 0.571. The molecule has 0 unspecified atom stereocenters. The van der Waals surface area contributed by atoms with Crippen molar-refractivity contribution in [3.63, 3.8) is 0 Å². The maximum absolute atomic E-state index is 10.5. The molecule has 0 aromatic rings. The molecule has 17 heavy (non-hydrogen) atoms. The van der Waals surface area contributed by atoms with Gasteiger partial charge in [-0.2, -0.15) is 0 Å². The maximum atomic E-state index is 10.5. The fraction of sp³-hybridized carbons (Fsp3) is 0.500. The molecule has 0 saturated heterocycles. The van der Waals surface area contributed by atoms with Crippen LogP contribution in [0.15, 0.2) is 10.2 Å². The second-order valence-corrected chi connectivity index (χ2v) is 4.10. The van der Waals surface area contributed by atoms with Crippen LogP contribution in [0.25, 0.3) is 0 Å². The van der Waals surface area contributed by atoms with Crippen LogP contribution in [0.2, 0.25) is 0 Å². The molecular weight excluding hydrogens is 335 g/mol. The van der Waals surface area contributed by atoms with E-state index in [0.29, 0.717) is 0 Å². The van der Waals surface area contributed by atoms with Crippen LogP contribution >= 0.6 is 22.6 Å². The molecule has 0 aliphatic carbocycles.